The van der Waals surface area contributed by atoms with Crippen LogP contribution in [0.3, 0.4) is 0 Å². The summed E-state index contributed by atoms with van der Waals surface area (Å²) in [6.45, 7) is 8.89. The van der Waals surface area contributed by atoms with E-state index in [0.29, 0.717) is 24.0 Å². The van der Waals surface area contributed by atoms with E-state index in [-0.39, 0.29) is 5.92 Å². The smallest absolute Gasteiger partial charge is 0.224 e. The highest BCUT2D eigenvalue weighted by Gasteiger charge is 2.34. The molecule has 29 heavy (non-hydrogen) atoms. The van der Waals surface area contributed by atoms with Crippen LogP contribution in [0.15, 0.2) is 24.3 Å². The van der Waals surface area contributed by atoms with E-state index in [2.05, 4.69) is 53.2 Å². The first-order valence-electron chi connectivity index (χ1n) is 12.0. The molecule has 1 aromatic carbocycles. The Morgan fingerprint density at radius 1 is 0.966 bits per heavy atom. The zero-order valence-electron chi connectivity index (χ0n) is 18.4. The van der Waals surface area contributed by atoms with Crippen LogP contribution in [0.4, 0.5) is 0 Å². The molecule has 0 bridgehead atoms. The Hall–Kier alpha value is -1.39. The van der Waals surface area contributed by atoms with Gasteiger partial charge in [-0.25, -0.2) is 0 Å². The van der Waals surface area contributed by atoms with Crippen molar-refractivity contribution < 1.29 is 4.79 Å². The summed E-state index contributed by atoms with van der Waals surface area (Å²) < 4.78 is 0. The summed E-state index contributed by atoms with van der Waals surface area (Å²) in [6.07, 6.45) is 9.25. The van der Waals surface area contributed by atoms with Gasteiger partial charge in [-0.2, -0.15) is 0 Å². The molecule has 2 heterocycles. The Kier molecular flexibility index (Phi) is 6.92. The molecule has 1 unspecified atom stereocenters. The Balaban J connectivity index is 1.26. The molecule has 0 spiro atoms. The molecule has 2 fully saturated rings. The van der Waals surface area contributed by atoms with Gasteiger partial charge in [0.25, 0.3) is 0 Å². The molecule has 3 aliphatic rings. The average Bonchev–Trinajstić information content (AvgIpc) is 3.22. The number of piperidine rings is 2. The van der Waals surface area contributed by atoms with Gasteiger partial charge in [0.1, 0.15) is 0 Å². The zero-order valence-corrected chi connectivity index (χ0v) is 18.4. The van der Waals surface area contributed by atoms with Gasteiger partial charge in [0.15, 0.2) is 0 Å². The first-order valence-corrected chi connectivity index (χ1v) is 12.0. The predicted octanol–water partition coefficient (Wildman–Crippen LogP) is 3.64. The summed E-state index contributed by atoms with van der Waals surface area (Å²) in [6, 6.07) is 10.7. The van der Waals surface area contributed by atoms with Crippen LogP contribution in [-0.4, -0.2) is 60.0 Å². The number of nitrogens with zero attached hydrogens (tertiary/aromatic N) is 2. The molecule has 1 aliphatic carbocycles. The van der Waals surface area contributed by atoms with E-state index in [9.17, 15) is 4.79 Å². The van der Waals surface area contributed by atoms with Crippen molar-refractivity contribution in [2.75, 3.05) is 26.2 Å². The van der Waals surface area contributed by atoms with E-state index in [0.717, 1.165) is 25.8 Å². The maximum Gasteiger partial charge on any atom is 0.224 e. The lowest BCUT2D eigenvalue weighted by Crippen LogP contribution is -2.52. The standard InChI is InChI=1S/C25H39N3O/c1-3-22(4-2)26-25(29)21-10-7-13-28(18-21)23-11-14-27(15-12-23)24-16-19-8-5-6-9-20(19)17-24/h5-6,8-9,21-24H,3-4,7,10-18H2,1-2H3,(H,26,29). The van der Waals surface area contributed by atoms with Gasteiger partial charge in [0.05, 0.1) is 5.92 Å². The van der Waals surface area contributed by atoms with Gasteiger partial charge in [0, 0.05) is 24.7 Å². The highest BCUT2D eigenvalue weighted by Crippen LogP contribution is 2.29. The molecule has 160 valence electrons. The van der Waals surface area contributed by atoms with Crippen molar-refractivity contribution in [3.05, 3.63) is 35.4 Å². The molecule has 1 amide bonds. The molecular formula is C25H39N3O. The second-order valence-electron chi connectivity index (χ2n) is 9.45. The zero-order chi connectivity index (χ0) is 20.2. The molecular weight excluding hydrogens is 358 g/mol. The van der Waals surface area contributed by atoms with Crippen LogP contribution in [0.25, 0.3) is 0 Å². The molecule has 4 rings (SSSR count). The van der Waals surface area contributed by atoms with Gasteiger partial charge in [-0.05, 0) is 82.1 Å². The van der Waals surface area contributed by atoms with Gasteiger partial charge in [-0.3, -0.25) is 14.6 Å². The number of amides is 1. The quantitative estimate of drug-likeness (QED) is 0.796. The van der Waals surface area contributed by atoms with Crippen LogP contribution in [0.2, 0.25) is 0 Å². The van der Waals surface area contributed by atoms with Crippen molar-refractivity contribution in [2.24, 2.45) is 5.92 Å². The van der Waals surface area contributed by atoms with Crippen LogP contribution in [0.1, 0.15) is 63.5 Å². The summed E-state index contributed by atoms with van der Waals surface area (Å²) in [4.78, 5) is 18.1. The van der Waals surface area contributed by atoms with Crippen molar-refractivity contribution in [1.82, 2.24) is 15.1 Å². The summed E-state index contributed by atoms with van der Waals surface area (Å²) in [7, 11) is 0. The third-order valence-electron chi connectivity index (χ3n) is 7.72. The first-order chi connectivity index (χ1) is 14.2. The largest absolute Gasteiger partial charge is 0.353 e. The highest BCUT2D eigenvalue weighted by molar-refractivity contribution is 5.79. The van der Waals surface area contributed by atoms with Gasteiger partial charge >= 0.3 is 0 Å². The molecule has 0 aromatic heterocycles. The van der Waals surface area contributed by atoms with Crippen molar-refractivity contribution >= 4 is 5.91 Å². The summed E-state index contributed by atoms with van der Waals surface area (Å²) in [5, 5.41) is 3.29. The number of carbonyl (C=O) groups is 1. The molecule has 4 nitrogen and oxygen atoms in total. The van der Waals surface area contributed by atoms with Crippen molar-refractivity contribution in [1.29, 1.82) is 0 Å². The van der Waals surface area contributed by atoms with Gasteiger partial charge in [-0.15, -0.1) is 0 Å². The van der Waals surface area contributed by atoms with Crippen LogP contribution in [0, 0.1) is 5.92 Å². The number of nitrogens with one attached hydrogen (secondary N) is 1. The maximum atomic E-state index is 12.7. The summed E-state index contributed by atoms with van der Waals surface area (Å²) >= 11 is 0. The lowest BCUT2D eigenvalue weighted by Gasteiger charge is -2.43. The third-order valence-corrected chi connectivity index (χ3v) is 7.72. The Morgan fingerprint density at radius 3 is 2.24 bits per heavy atom. The van der Waals surface area contributed by atoms with E-state index < -0.39 is 0 Å². The fourth-order valence-electron chi connectivity index (χ4n) is 5.77. The molecule has 0 saturated carbocycles. The number of fused-ring (bicyclic) bond motifs is 1. The van der Waals surface area contributed by atoms with Gasteiger partial charge in [-0.1, -0.05) is 38.1 Å². The molecule has 1 N–H and O–H groups in total. The van der Waals surface area contributed by atoms with Crippen LogP contribution in [0.5, 0.6) is 0 Å². The molecule has 2 saturated heterocycles. The van der Waals surface area contributed by atoms with Gasteiger partial charge in [0.2, 0.25) is 5.91 Å². The fourth-order valence-corrected chi connectivity index (χ4v) is 5.77. The van der Waals surface area contributed by atoms with Crippen molar-refractivity contribution in [2.45, 2.75) is 83.3 Å². The number of hydrogen-bond donors (Lipinski definition) is 1. The normalized spacial score (nSPS) is 24.7. The monoisotopic (exact) mass is 397 g/mol. The molecule has 0 radical (unpaired) electrons. The van der Waals surface area contributed by atoms with E-state index >= 15 is 0 Å². The Morgan fingerprint density at radius 2 is 1.62 bits per heavy atom. The number of benzene rings is 1. The van der Waals surface area contributed by atoms with Crippen LogP contribution < -0.4 is 5.32 Å². The minimum Gasteiger partial charge on any atom is -0.353 e. The second-order valence-corrected chi connectivity index (χ2v) is 9.45. The second kappa shape index (κ2) is 9.61. The number of carbonyl (C=O) groups excluding carboxylic acids is 1. The summed E-state index contributed by atoms with van der Waals surface area (Å²) in [5.74, 6) is 0.483. The third kappa shape index (κ3) is 4.86. The molecule has 1 atom stereocenters. The van der Waals surface area contributed by atoms with E-state index in [1.165, 1.54) is 51.7 Å². The minimum atomic E-state index is 0.187. The molecule has 1 aromatic rings. The Bertz CT molecular complexity index is 653. The first kappa shape index (κ1) is 20.9. The number of hydrogen-bond acceptors (Lipinski definition) is 3. The topological polar surface area (TPSA) is 35.6 Å². The lowest BCUT2D eigenvalue weighted by molar-refractivity contribution is -0.128. The highest BCUT2D eigenvalue weighted by atomic mass is 16.2. The lowest BCUT2D eigenvalue weighted by atomic mass is 9.92. The number of likely N-dealkylation sites (tertiary alicyclic amines) is 2. The van der Waals surface area contributed by atoms with Crippen molar-refractivity contribution in [3.8, 4) is 0 Å². The van der Waals surface area contributed by atoms with Gasteiger partial charge < -0.3 is 5.32 Å². The fraction of sp³-hybridized carbons (Fsp3) is 0.720. The summed E-state index contributed by atoms with van der Waals surface area (Å²) in [5.41, 5.74) is 3.11. The maximum absolute atomic E-state index is 12.7. The molecule has 2 aliphatic heterocycles. The van der Waals surface area contributed by atoms with E-state index in [4.69, 9.17) is 0 Å². The van der Waals surface area contributed by atoms with Crippen LogP contribution in [-0.2, 0) is 17.6 Å². The van der Waals surface area contributed by atoms with E-state index in [1.807, 2.05) is 0 Å². The average molecular weight is 398 g/mol. The Labute approximate surface area is 177 Å². The van der Waals surface area contributed by atoms with Crippen LogP contribution >= 0.6 is 0 Å². The minimum absolute atomic E-state index is 0.187. The van der Waals surface area contributed by atoms with E-state index in [1.54, 1.807) is 11.1 Å². The van der Waals surface area contributed by atoms with Crippen molar-refractivity contribution in [3.63, 3.8) is 0 Å². The predicted molar refractivity (Wildman–Crippen MR) is 119 cm³/mol. The SMILES string of the molecule is CCC(CC)NC(=O)C1CCCN(C2CCN(C3Cc4ccccc4C3)CC2)C1. The molecule has 4 heteroatoms. The number of rotatable bonds is 6.